The van der Waals surface area contributed by atoms with Crippen LogP contribution in [-0.4, -0.2) is 25.2 Å². The van der Waals surface area contributed by atoms with Gasteiger partial charge in [0.25, 0.3) is 0 Å². The van der Waals surface area contributed by atoms with Crippen LogP contribution in [-0.2, 0) is 21.6 Å². The van der Waals surface area contributed by atoms with Gasteiger partial charge >= 0.3 is 5.97 Å². The molecule has 1 aliphatic carbocycles. The SMILES string of the molecule is COc1ccc(-c2nc(COC(=O)C3(c4ccccc4)CC3)cs2)cc1OC. The molecule has 0 aliphatic heterocycles. The number of carbonyl (C=O) groups excluding carboxylic acids is 1. The molecule has 0 radical (unpaired) electrons. The predicted octanol–water partition coefficient (Wildman–Crippen LogP) is 4.60. The van der Waals surface area contributed by atoms with Crippen molar-refractivity contribution in [2.75, 3.05) is 14.2 Å². The first-order valence-electron chi connectivity index (χ1n) is 9.06. The van der Waals surface area contributed by atoms with Crippen molar-refractivity contribution in [1.29, 1.82) is 0 Å². The van der Waals surface area contributed by atoms with Crippen LogP contribution < -0.4 is 9.47 Å². The minimum atomic E-state index is -0.469. The molecular formula is C22H21NO4S. The minimum absolute atomic E-state index is 0.167. The molecule has 5 nitrogen and oxygen atoms in total. The maximum Gasteiger partial charge on any atom is 0.316 e. The van der Waals surface area contributed by atoms with Gasteiger partial charge in [-0.1, -0.05) is 30.3 Å². The van der Waals surface area contributed by atoms with E-state index in [2.05, 4.69) is 4.98 Å². The number of ether oxygens (including phenoxy) is 3. The van der Waals surface area contributed by atoms with Crippen LogP contribution in [0.1, 0.15) is 24.1 Å². The second kappa shape index (κ2) is 7.64. The summed E-state index contributed by atoms with van der Waals surface area (Å²) in [6.07, 6.45) is 1.67. The number of hydrogen-bond donors (Lipinski definition) is 0. The van der Waals surface area contributed by atoms with Crippen LogP contribution >= 0.6 is 11.3 Å². The topological polar surface area (TPSA) is 57.7 Å². The maximum atomic E-state index is 12.7. The molecule has 0 atom stereocenters. The fraction of sp³-hybridized carbons (Fsp3) is 0.273. The van der Waals surface area contributed by atoms with Gasteiger partial charge in [0.15, 0.2) is 11.5 Å². The summed E-state index contributed by atoms with van der Waals surface area (Å²) in [5.41, 5.74) is 2.24. The first kappa shape index (κ1) is 18.5. The van der Waals surface area contributed by atoms with Gasteiger partial charge in [-0.05, 0) is 36.6 Å². The van der Waals surface area contributed by atoms with Crippen LogP contribution in [0.5, 0.6) is 11.5 Å². The van der Waals surface area contributed by atoms with Crippen LogP contribution in [0.15, 0.2) is 53.9 Å². The van der Waals surface area contributed by atoms with Gasteiger partial charge in [0.2, 0.25) is 0 Å². The third-order valence-corrected chi connectivity index (χ3v) is 5.94. The quantitative estimate of drug-likeness (QED) is 0.547. The number of benzene rings is 2. The molecule has 28 heavy (non-hydrogen) atoms. The van der Waals surface area contributed by atoms with Crippen molar-refractivity contribution in [3.8, 4) is 22.1 Å². The van der Waals surface area contributed by atoms with Crippen LogP contribution in [0.4, 0.5) is 0 Å². The molecule has 6 heteroatoms. The summed E-state index contributed by atoms with van der Waals surface area (Å²) in [5, 5.41) is 2.76. The van der Waals surface area contributed by atoms with E-state index in [0.29, 0.717) is 11.5 Å². The van der Waals surface area contributed by atoms with Gasteiger partial charge in [-0.25, -0.2) is 4.98 Å². The van der Waals surface area contributed by atoms with Crippen molar-refractivity contribution in [2.45, 2.75) is 24.9 Å². The maximum absolute atomic E-state index is 12.7. The van der Waals surface area contributed by atoms with Crippen molar-refractivity contribution >= 4 is 17.3 Å². The number of carbonyl (C=O) groups is 1. The molecule has 0 N–H and O–H groups in total. The molecular weight excluding hydrogens is 374 g/mol. The largest absolute Gasteiger partial charge is 0.493 e. The molecule has 1 heterocycles. The number of nitrogens with zero attached hydrogens (tertiary/aromatic N) is 1. The Hall–Kier alpha value is -2.86. The highest BCUT2D eigenvalue weighted by Gasteiger charge is 2.52. The molecule has 2 aromatic carbocycles. The van der Waals surface area contributed by atoms with E-state index in [1.165, 1.54) is 11.3 Å². The van der Waals surface area contributed by atoms with E-state index in [9.17, 15) is 4.79 Å². The highest BCUT2D eigenvalue weighted by Crippen LogP contribution is 2.49. The zero-order valence-electron chi connectivity index (χ0n) is 15.8. The summed E-state index contributed by atoms with van der Waals surface area (Å²) in [7, 11) is 3.21. The molecule has 0 spiro atoms. The van der Waals surface area contributed by atoms with Crippen molar-refractivity contribution in [3.05, 3.63) is 65.2 Å². The van der Waals surface area contributed by atoms with Crippen LogP contribution in [0, 0.1) is 0 Å². The minimum Gasteiger partial charge on any atom is -0.493 e. The molecule has 144 valence electrons. The lowest BCUT2D eigenvalue weighted by molar-refractivity contribution is -0.148. The first-order chi connectivity index (χ1) is 13.7. The average Bonchev–Trinajstić information content (AvgIpc) is 3.43. The molecule has 1 aliphatic rings. The lowest BCUT2D eigenvalue weighted by atomic mass is 9.96. The summed E-state index contributed by atoms with van der Waals surface area (Å²) in [6.45, 7) is 0.178. The normalized spacial score (nSPS) is 14.4. The molecule has 1 fully saturated rings. The van der Waals surface area contributed by atoms with Gasteiger partial charge in [-0.3, -0.25) is 4.79 Å². The summed E-state index contributed by atoms with van der Waals surface area (Å²) in [4.78, 5) is 17.3. The third kappa shape index (κ3) is 3.47. The summed E-state index contributed by atoms with van der Waals surface area (Å²) >= 11 is 1.51. The van der Waals surface area contributed by atoms with Gasteiger partial charge in [-0.15, -0.1) is 11.3 Å². The Bertz CT molecular complexity index is 979. The first-order valence-corrected chi connectivity index (χ1v) is 9.94. The van der Waals surface area contributed by atoms with E-state index in [4.69, 9.17) is 14.2 Å². The van der Waals surface area contributed by atoms with Gasteiger partial charge in [0.05, 0.1) is 25.3 Å². The molecule has 4 rings (SSSR count). The second-order valence-corrected chi connectivity index (χ2v) is 7.60. The summed E-state index contributed by atoms with van der Waals surface area (Å²) in [6, 6.07) is 15.5. The van der Waals surface area contributed by atoms with Crippen molar-refractivity contribution in [2.24, 2.45) is 0 Å². The van der Waals surface area contributed by atoms with Crippen molar-refractivity contribution in [3.63, 3.8) is 0 Å². The molecule has 3 aromatic rings. The number of rotatable bonds is 7. The Morgan fingerprint density at radius 2 is 1.82 bits per heavy atom. The zero-order chi connectivity index (χ0) is 19.6. The van der Waals surface area contributed by atoms with Gasteiger partial charge in [-0.2, -0.15) is 0 Å². The van der Waals surface area contributed by atoms with Gasteiger partial charge in [0, 0.05) is 10.9 Å². The highest BCUT2D eigenvalue weighted by molar-refractivity contribution is 7.13. The smallest absolute Gasteiger partial charge is 0.316 e. The molecule has 0 bridgehead atoms. The Morgan fingerprint density at radius 1 is 1.07 bits per heavy atom. The Morgan fingerprint density at radius 3 is 2.50 bits per heavy atom. The van der Waals surface area contributed by atoms with E-state index in [1.54, 1.807) is 14.2 Å². The Kier molecular flexibility index (Phi) is 5.05. The standard InChI is InChI=1S/C22H21NO4S/c1-25-18-9-8-15(12-19(18)26-2)20-23-17(14-28-20)13-27-21(24)22(10-11-22)16-6-4-3-5-7-16/h3-9,12,14H,10-11,13H2,1-2H3. The number of thiazole rings is 1. The molecule has 0 amide bonds. The van der Waals surface area contributed by atoms with E-state index < -0.39 is 5.41 Å². The zero-order valence-corrected chi connectivity index (χ0v) is 16.6. The number of hydrogen-bond acceptors (Lipinski definition) is 6. The van der Waals surface area contributed by atoms with E-state index in [1.807, 2.05) is 53.9 Å². The fourth-order valence-corrected chi connectivity index (χ4v) is 4.05. The lowest BCUT2D eigenvalue weighted by Gasteiger charge is -2.14. The molecule has 0 unspecified atom stereocenters. The van der Waals surface area contributed by atoms with E-state index in [-0.39, 0.29) is 12.6 Å². The fourth-order valence-electron chi connectivity index (χ4n) is 3.25. The highest BCUT2D eigenvalue weighted by atomic mass is 32.1. The van der Waals surface area contributed by atoms with E-state index in [0.717, 1.165) is 34.7 Å². The van der Waals surface area contributed by atoms with Crippen LogP contribution in [0.25, 0.3) is 10.6 Å². The predicted molar refractivity (Wildman–Crippen MR) is 108 cm³/mol. The lowest BCUT2D eigenvalue weighted by Crippen LogP contribution is -2.23. The van der Waals surface area contributed by atoms with Crippen LogP contribution in [0.2, 0.25) is 0 Å². The molecule has 1 aromatic heterocycles. The summed E-state index contributed by atoms with van der Waals surface area (Å²) in [5.74, 6) is 1.16. The average molecular weight is 395 g/mol. The van der Waals surface area contributed by atoms with Gasteiger partial charge < -0.3 is 14.2 Å². The van der Waals surface area contributed by atoms with Crippen molar-refractivity contribution in [1.82, 2.24) is 4.98 Å². The molecule has 0 saturated heterocycles. The number of methoxy groups -OCH3 is 2. The number of esters is 1. The Labute approximate surface area is 167 Å². The second-order valence-electron chi connectivity index (χ2n) is 6.74. The Balaban J connectivity index is 1.44. The summed E-state index contributed by atoms with van der Waals surface area (Å²) < 4.78 is 16.2. The van der Waals surface area contributed by atoms with Gasteiger partial charge in [0.1, 0.15) is 11.6 Å². The third-order valence-electron chi connectivity index (χ3n) is 5.00. The number of aromatic nitrogens is 1. The van der Waals surface area contributed by atoms with E-state index >= 15 is 0 Å². The van der Waals surface area contributed by atoms with Crippen molar-refractivity contribution < 1.29 is 19.0 Å². The van der Waals surface area contributed by atoms with Crippen LogP contribution in [0.3, 0.4) is 0 Å². The monoisotopic (exact) mass is 395 g/mol. The molecule has 1 saturated carbocycles.